The molecule has 3 heteroatoms. The van der Waals surface area contributed by atoms with Gasteiger partial charge in [0.1, 0.15) is 12.4 Å². The molecule has 104 valence electrons. The van der Waals surface area contributed by atoms with Gasteiger partial charge in [0, 0.05) is 6.04 Å². The van der Waals surface area contributed by atoms with Crippen LogP contribution in [0.2, 0.25) is 0 Å². The number of rotatable bonds is 7. The summed E-state index contributed by atoms with van der Waals surface area (Å²) in [4.78, 5) is 0. The van der Waals surface area contributed by atoms with Gasteiger partial charge >= 0.3 is 0 Å². The molecule has 2 N–H and O–H groups in total. The Morgan fingerprint density at radius 3 is 2.42 bits per heavy atom. The van der Waals surface area contributed by atoms with Crippen LogP contribution in [0.1, 0.15) is 31.2 Å². The molecule has 1 unspecified atom stereocenters. The molecular formula is C16H23NO2. The molecule has 1 atom stereocenters. The van der Waals surface area contributed by atoms with Crippen molar-refractivity contribution in [3.05, 3.63) is 29.8 Å². The number of hydrogen-bond donors (Lipinski definition) is 2. The van der Waals surface area contributed by atoms with E-state index in [1.165, 1.54) is 31.2 Å². The van der Waals surface area contributed by atoms with E-state index in [1.54, 1.807) is 0 Å². The molecule has 0 spiro atoms. The first-order chi connectivity index (χ1) is 9.22. The first-order valence-electron chi connectivity index (χ1n) is 7.30. The van der Waals surface area contributed by atoms with E-state index in [9.17, 15) is 5.11 Å². The van der Waals surface area contributed by atoms with Crippen LogP contribution in [0.4, 0.5) is 0 Å². The zero-order valence-electron chi connectivity index (χ0n) is 11.6. The van der Waals surface area contributed by atoms with Crippen LogP contribution in [0.25, 0.3) is 0 Å². The maximum atomic E-state index is 9.84. The summed E-state index contributed by atoms with van der Waals surface area (Å²) in [6.07, 6.45) is 4.88. The average molecular weight is 261 g/mol. The molecular weight excluding hydrogens is 238 g/mol. The van der Waals surface area contributed by atoms with E-state index in [-0.39, 0.29) is 12.1 Å². The van der Waals surface area contributed by atoms with Crippen molar-refractivity contribution in [3.8, 4) is 5.75 Å². The third-order valence-corrected chi connectivity index (χ3v) is 4.23. The van der Waals surface area contributed by atoms with Crippen molar-refractivity contribution in [2.45, 2.75) is 44.2 Å². The maximum Gasteiger partial charge on any atom is 0.119 e. The Labute approximate surface area is 115 Å². The molecule has 0 bridgehead atoms. The van der Waals surface area contributed by atoms with E-state index in [1.807, 2.05) is 12.1 Å². The molecule has 19 heavy (non-hydrogen) atoms. The predicted molar refractivity (Wildman–Crippen MR) is 75.4 cm³/mol. The summed E-state index contributed by atoms with van der Waals surface area (Å²) in [5.74, 6) is 1.46. The molecule has 1 aromatic rings. The fraction of sp³-hybridized carbons (Fsp3) is 0.625. The molecule has 0 saturated heterocycles. The topological polar surface area (TPSA) is 41.5 Å². The van der Waals surface area contributed by atoms with Crippen LogP contribution in [0.15, 0.2) is 24.3 Å². The lowest BCUT2D eigenvalue weighted by atomic mass is 9.95. The number of aliphatic hydroxyl groups is 1. The van der Waals surface area contributed by atoms with Gasteiger partial charge in [-0.25, -0.2) is 0 Å². The highest BCUT2D eigenvalue weighted by molar-refractivity contribution is 5.26. The minimum absolute atomic E-state index is 0.167. The fourth-order valence-electron chi connectivity index (χ4n) is 2.61. The van der Waals surface area contributed by atoms with Gasteiger partial charge in [0.15, 0.2) is 0 Å². The Bertz CT molecular complexity index is 423. The van der Waals surface area contributed by atoms with E-state index in [0.29, 0.717) is 18.6 Å². The first-order valence-corrected chi connectivity index (χ1v) is 7.30. The Hall–Kier alpha value is -1.06. The van der Waals surface area contributed by atoms with Crippen molar-refractivity contribution < 1.29 is 9.84 Å². The lowest BCUT2D eigenvalue weighted by Gasteiger charge is -2.33. The number of aryl methyl sites for hydroxylation is 1. The minimum atomic E-state index is -0.230. The van der Waals surface area contributed by atoms with Crippen molar-refractivity contribution in [3.63, 3.8) is 0 Å². The van der Waals surface area contributed by atoms with E-state index in [4.69, 9.17) is 4.74 Å². The molecule has 0 radical (unpaired) electrons. The number of aliphatic hydroxyl groups excluding tert-OH is 1. The summed E-state index contributed by atoms with van der Waals surface area (Å²) in [5.41, 5.74) is 1.01. The molecule has 2 fully saturated rings. The van der Waals surface area contributed by atoms with Crippen LogP contribution < -0.4 is 10.1 Å². The van der Waals surface area contributed by atoms with Crippen molar-refractivity contribution >= 4 is 0 Å². The molecule has 2 aliphatic rings. The molecule has 0 aliphatic heterocycles. The third kappa shape index (κ3) is 3.10. The quantitative estimate of drug-likeness (QED) is 0.791. The second-order valence-electron chi connectivity index (χ2n) is 6.11. The number of benzene rings is 1. The molecule has 0 amide bonds. The van der Waals surface area contributed by atoms with Crippen molar-refractivity contribution in [2.75, 3.05) is 13.2 Å². The second-order valence-corrected chi connectivity index (χ2v) is 6.11. The monoisotopic (exact) mass is 261 g/mol. The van der Waals surface area contributed by atoms with Gasteiger partial charge in [-0.3, -0.25) is 0 Å². The summed E-state index contributed by atoms with van der Waals surface area (Å²) in [6.45, 7) is 2.80. The molecule has 3 rings (SSSR count). The zero-order chi connectivity index (χ0) is 13.3. The number of ether oxygens (including phenoxy) is 1. The second kappa shape index (κ2) is 5.14. The fourth-order valence-corrected chi connectivity index (χ4v) is 2.61. The lowest BCUT2D eigenvalue weighted by Crippen LogP contribution is -2.56. The molecule has 2 aliphatic carbocycles. The summed E-state index contributed by atoms with van der Waals surface area (Å²) in [6, 6.07) is 8.71. The van der Waals surface area contributed by atoms with Crippen LogP contribution in [-0.2, 0) is 0 Å². The number of nitrogens with one attached hydrogen (secondary N) is 1. The Kier molecular flexibility index (Phi) is 3.50. The SMILES string of the molecule is Cc1ccc(OCC(CO)(NC2CC2)C2CC2)cc1. The van der Waals surface area contributed by atoms with Crippen LogP contribution in [0, 0.1) is 12.8 Å². The normalized spacial score (nSPS) is 22.0. The molecule has 1 aromatic carbocycles. The first kappa shape index (κ1) is 12.9. The van der Waals surface area contributed by atoms with Crippen LogP contribution in [0.5, 0.6) is 5.75 Å². The highest BCUT2D eigenvalue weighted by Gasteiger charge is 2.48. The molecule has 0 aromatic heterocycles. The average Bonchev–Trinajstić information content (AvgIpc) is 3.28. The smallest absolute Gasteiger partial charge is 0.119 e. The van der Waals surface area contributed by atoms with Gasteiger partial charge in [-0.15, -0.1) is 0 Å². The third-order valence-electron chi connectivity index (χ3n) is 4.23. The maximum absolute atomic E-state index is 9.84. The van der Waals surface area contributed by atoms with Gasteiger partial charge in [0.2, 0.25) is 0 Å². The van der Waals surface area contributed by atoms with Crippen molar-refractivity contribution in [1.82, 2.24) is 5.32 Å². The van der Waals surface area contributed by atoms with Crippen molar-refractivity contribution in [1.29, 1.82) is 0 Å². The Morgan fingerprint density at radius 2 is 1.89 bits per heavy atom. The van der Waals surface area contributed by atoms with Gasteiger partial charge in [-0.2, -0.15) is 0 Å². The van der Waals surface area contributed by atoms with E-state index in [0.717, 1.165) is 5.75 Å². The summed E-state index contributed by atoms with van der Waals surface area (Å²) in [5, 5.41) is 13.5. The van der Waals surface area contributed by atoms with E-state index < -0.39 is 0 Å². The van der Waals surface area contributed by atoms with Crippen LogP contribution in [0.3, 0.4) is 0 Å². The standard InChI is InChI=1S/C16H23NO2/c1-12-2-8-15(9-3-12)19-11-16(10-18,13-4-5-13)17-14-6-7-14/h2-3,8-9,13-14,17-18H,4-7,10-11H2,1H3. The van der Waals surface area contributed by atoms with E-state index in [2.05, 4.69) is 24.4 Å². The van der Waals surface area contributed by atoms with Crippen molar-refractivity contribution in [2.24, 2.45) is 5.92 Å². The molecule has 2 saturated carbocycles. The lowest BCUT2D eigenvalue weighted by molar-refractivity contribution is 0.0831. The number of hydrogen-bond acceptors (Lipinski definition) is 3. The van der Waals surface area contributed by atoms with Gasteiger partial charge in [-0.05, 0) is 50.7 Å². The van der Waals surface area contributed by atoms with Crippen LogP contribution >= 0.6 is 0 Å². The van der Waals surface area contributed by atoms with Crippen LogP contribution in [-0.4, -0.2) is 29.9 Å². The highest BCUT2D eigenvalue weighted by atomic mass is 16.5. The van der Waals surface area contributed by atoms with E-state index >= 15 is 0 Å². The summed E-state index contributed by atoms with van der Waals surface area (Å²) >= 11 is 0. The largest absolute Gasteiger partial charge is 0.492 e. The Morgan fingerprint density at radius 1 is 1.21 bits per heavy atom. The summed E-state index contributed by atoms with van der Waals surface area (Å²) in [7, 11) is 0. The van der Waals surface area contributed by atoms with Gasteiger partial charge < -0.3 is 15.2 Å². The molecule has 0 heterocycles. The highest BCUT2D eigenvalue weighted by Crippen LogP contribution is 2.41. The molecule has 3 nitrogen and oxygen atoms in total. The van der Waals surface area contributed by atoms with Gasteiger partial charge in [0.25, 0.3) is 0 Å². The minimum Gasteiger partial charge on any atom is -0.492 e. The Balaban J connectivity index is 1.64. The van der Waals surface area contributed by atoms with Gasteiger partial charge in [0.05, 0.1) is 12.1 Å². The zero-order valence-corrected chi connectivity index (χ0v) is 11.6. The summed E-state index contributed by atoms with van der Waals surface area (Å²) < 4.78 is 5.92. The van der Waals surface area contributed by atoms with Gasteiger partial charge in [-0.1, -0.05) is 17.7 Å². The predicted octanol–water partition coefficient (Wildman–Crippen LogP) is 2.27.